The number of nitrogens with zero attached hydrogens (tertiary/aromatic N) is 2. The monoisotopic (exact) mass is 392 g/mol. The first-order valence-corrected chi connectivity index (χ1v) is 9.94. The molecule has 0 aliphatic rings. The average molecular weight is 392 g/mol. The van der Waals surface area contributed by atoms with Gasteiger partial charge in [-0.1, -0.05) is 35.6 Å². The zero-order valence-corrected chi connectivity index (χ0v) is 16.3. The van der Waals surface area contributed by atoms with E-state index in [1.54, 1.807) is 11.2 Å². The Bertz CT molecular complexity index is 1020. The van der Waals surface area contributed by atoms with E-state index in [2.05, 4.69) is 4.98 Å². The van der Waals surface area contributed by atoms with Crippen molar-refractivity contribution in [2.45, 2.75) is 19.9 Å². The van der Waals surface area contributed by atoms with E-state index < -0.39 is 0 Å². The highest BCUT2D eigenvalue weighted by Gasteiger charge is 2.21. The highest BCUT2D eigenvalue weighted by Crippen LogP contribution is 2.30. The molecule has 0 fully saturated rings. The predicted octanol–water partition coefficient (Wildman–Crippen LogP) is 5.06. The van der Waals surface area contributed by atoms with E-state index in [1.807, 2.05) is 67.6 Å². The van der Waals surface area contributed by atoms with Crippen LogP contribution < -0.4 is 9.64 Å². The van der Waals surface area contributed by atoms with Crippen molar-refractivity contribution in [3.05, 3.63) is 78.3 Å². The van der Waals surface area contributed by atoms with E-state index in [9.17, 15) is 4.79 Å². The Balaban J connectivity index is 1.59. The van der Waals surface area contributed by atoms with Gasteiger partial charge in [0.05, 0.1) is 36.1 Å². The summed E-state index contributed by atoms with van der Waals surface area (Å²) in [6.45, 7) is 2.91. The first-order valence-electron chi connectivity index (χ1n) is 9.13. The zero-order chi connectivity index (χ0) is 19.3. The fourth-order valence-electron chi connectivity index (χ4n) is 2.94. The Labute approximate surface area is 167 Å². The molecule has 2 aromatic carbocycles. The van der Waals surface area contributed by atoms with Gasteiger partial charge in [-0.15, -0.1) is 0 Å². The predicted molar refractivity (Wildman–Crippen MR) is 111 cm³/mol. The number of ether oxygens (including phenoxy) is 1. The number of amides is 1. The van der Waals surface area contributed by atoms with Crippen molar-refractivity contribution in [1.82, 2.24) is 4.98 Å². The second-order valence-corrected chi connectivity index (χ2v) is 7.29. The Hall–Kier alpha value is -3.12. The van der Waals surface area contributed by atoms with Gasteiger partial charge in [0.1, 0.15) is 11.5 Å². The molecule has 2 heterocycles. The Morgan fingerprint density at radius 2 is 1.93 bits per heavy atom. The van der Waals surface area contributed by atoms with E-state index in [-0.39, 0.29) is 12.3 Å². The number of fused-ring (bicyclic) bond motifs is 1. The normalized spacial score (nSPS) is 10.9. The van der Waals surface area contributed by atoms with E-state index >= 15 is 0 Å². The van der Waals surface area contributed by atoms with Crippen LogP contribution in [0.15, 0.2) is 71.3 Å². The Kier molecular flexibility index (Phi) is 5.39. The second-order valence-electron chi connectivity index (χ2n) is 6.28. The summed E-state index contributed by atoms with van der Waals surface area (Å²) in [5.74, 6) is 1.50. The molecule has 0 aliphatic heterocycles. The van der Waals surface area contributed by atoms with E-state index in [0.717, 1.165) is 27.3 Å². The lowest BCUT2D eigenvalue weighted by Gasteiger charge is -2.19. The van der Waals surface area contributed by atoms with Gasteiger partial charge >= 0.3 is 0 Å². The standard InChI is InChI=1S/C22H20N2O3S/c1-2-26-17-11-9-16(10-12-17)14-21(25)24(15-18-6-5-13-27-18)22-23-19-7-3-4-8-20(19)28-22/h3-13H,2,14-15H2,1H3. The SMILES string of the molecule is CCOc1ccc(CC(=O)N(Cc2ccco2)c2nc3ccccc3s2)cc1. The van der Waals surface area contributed by atoms with Crippen LogP contribution in [-0.4, -0.2) is 17.5 Å². The van der Waals surface area contributed by atoms with Crippen molar-refractivity contribution in [1.29, 1.82) is 0 Å². The van der Waals surface area contributed by atoms with Crippen molar-refractivity contribution < 1.29 is 13.9 Å². The molecule has 2 aromatic heterocycles. The lowest BCUT2D eigenvalue weighted by molar-refractivity contribution is -0.118. The number of hydrogen-bond acceptors (Lipinski definition) is 5. The molecule has 6 heteroatoms. The number of carbonyl (C=O) groups is 1. The third-order valence-electron chi connectivity index (χ3n) is 4.30. The molecule has 1 amide bonds. The summed E-state index contributed by atoms with van der Waals surface area (Å²) in [4.78, 5) is 19.5. The zero-order valence-electron chi connectivity index (χ0n) is 15.5. The van der Waals surface area contributed by atoms with Crippen LogP contribution in [0.2, 0.25) is 0 Å². The van der Waals surface area contributed by atoms with E-state index in [0.29, 0.717) is 18.3 Å². The number of para-hydroxylation sites is 1. The van der Waals surface area contributed by atoms with Crippen LogP contribution in [0.3, 0.4) is 0 Å². The van der Waals surface area contributed by atoms with Crippen LogP contribution >= 0.6 is 11.3 Å². The highest BCUT2D eigenvalue weighted by molar-refractivity contribution is 7.22. The number of anilines is 1. The van der Waals surface area contributed by atoms with Gasteiger partial charge < -0.3 is 9.15 Å². The summed E-state index contributed by atoms with van der Waals surface area (Å²) in [5, 5.41) is 0.675. The molecule has 142 valence electrons. The maximum absolute atomic E-state index is 13.1. The first kappa shape index (κ1) is 18.3. The van der Waals surface area contributed by atoms with Crippen LogP contribution in [-0.2, 0) is 17.8 Å². The van der Waals surface area contributed by atoms with E-state index in [1.165, 1.54) is 11.3 Å². The number of furan rings is 1. The molecule has 0 unspecified atom stereocenters. The summed E-state index contributed by atoms with van der Waals surface area (Å²) in [6.07, 6.45) is 1.89. The maximum Gasteiger partial charge on any atom is 0.233 e. The quantitative estimate of drug-likeness (QED) is 0.441. The van der Waals surface area contributed by atoms with Gasteiger partial charge in [0.2, 0.25) is 5.91 Å². The molecule has 0 bridgehead atoms. The second kappa shape index (κ2) is 8.27. The third-order valence-corrected chi connectivity index (χ3v) is 5.36. The molecule has 0 saturated carbocycles. The van der Waals surface area contributed by atoms with Crippen molar-refractivity contribution in [3.8, 4) is 5.75 Å². The first-order chi connectivity index (χ1) is 13.7. The summed E-state index contributed by atoms with van der Waals surface area (Å²) in [5.41, 5.74) is 1.82. The Morgan fingerprint density at radius 1 is 1.11 bits per heavy atom. The van der Waals surface area contributed by atoms with Crippen LogP contribution in [0.5, 0.6) is 5.75 Å². The van der Waals surface area contributed by atoms with E-state index in [4.69, 9.17) is 9.15 Å². The molecule has 0 N–H and O–H groups in total. The molecular formula is C22H20N2O3S. The van der Waals surface area contributed by atoms with Gasteiger partial charge in [-0.05, 0) is 48.9 Å². The molecule has 4 aromatic rings. The molecular weight excluding hydrogens is 372 g/mol. The summed E-state index contributed by atoms with van der Waals surface area (Å²) >= 11 is 1.51. The number of thiazole rings is 1. The maximum atomic E-state index is 13.1. The van der Waals surface area contributed by atoms with Crippen molar-refractivity contribution >= 4 is 32.6 Å². The molecule has 0 saturated heterocycles. The summed E-state index contributed by atoms with van der Waals surface area (Å²) in [6, 6.07) is 19.2. The number of hydrogen-bond donors (Lipinski definition) is 0. The fourth-order valence-corrected chi connectivity index (χ4v) is 3.92. The fraction of sp³-hybridized carbons (Fsp3) is 0.182. The number of rotatable bonds is 7. The van der Waals surface area contributed by atoms with Crippen LogP contribution in [0.4, 0.5) is 5.13 Å². The topological polar surface area (TPSA) is 55.6 Å². The van der Waals surface area contributed by atoms with Gasteiger partial charge in [0.15, 0.2) is 5.13 Å². The van der Waals surface area contributed by atoms with Gasteiger partial charge in [0, 0.05) is 0 Å². The number of carbonyl (C=O) groups excluding carboxylic acids is 1. The van der Waals surface area contributed by atoms with Gasteiger partial charge in [-0.2, -0.15) is 0 Å². The van der Waals surface area contributed by atoms with Crippen molar-refractivity contribution in [2.24, 2.45) is 0 Å². The highest BCUT2D eigenvalue weighted by atomic mass is 32.1. The molecule has 0 atom stereocenters. The van der Waals surface area contributed by atoms with Crippen molar-refractivity contribution in [3.63, 3.8) is 0 Å². The van der Waals surface area contributed by atoms with Gasteiger partial charge in [0.25, 0.3) is 0 Å². The minimum Gasteiger partial charge on any atom is -0.494 e. The molecule has 4 rings (SSSR count). The largest absolute Gasteiger partial charge is 0.494 e. The molecule has 5 nitrogen and oxygen atoms in total. The van der Waals surface area contributed by atoms with Crippen LogP contribution in [0.25, 0.3) is 10.2 Å². The lowest BCUT2D eigenvalue weighted by Crippen LogP contribution is -2.31. The lowest BCUT2D eigenvalue weighted by atomic mass is 10.1. The molecule has 0 aliphatic carbocycles. The van der Waals surface area contributed by atoms with Gasteiger partial charge in [-0.3, -0.25) is 9.69 Å². The minimum atomic E-state index is -0.0281. The molecule has 0 radical (unpaired) electrons. The van der Waals surface area contributed by atoms with Gasteiger partial charge in [-0.25, -0.2) is 4.98 Å². The van der Waals surface area contributed by atoms with Crippen LogP contribution in [0.1, 0.15) is 18.2 Å². The Morgan fingerprint density at radius 3 is 2.64 bits per heavy atom. The van der Waals surface area contributed by atoms with Crippen LogP contribution in [0, 0.1) is 0 Å². The molecule has 28 heavy (non-hydrogen) atoms. The molecule has 0 spiro atoms. The number of benzene rings is 2. The number of aromatic nitrogens is 1. The summed E-state index contributed by atoms with van der Waals surface area (Å²) < 4.78 is 12.0. The third kappa shape index (κ3) is 4.07. The minimum absolute atomic E-state index is 0.0281. The average Bonchev–Trinajstić information content (AvgIpc) is 3.37. The summed E-state index contributed by atoms with van der Waals surface area (Å²) in [7, 11) is 0. The van der Waals surface area contributed by atoms with Crippen molar-refractivity contribution in [2.75, 3.05) is 11.5 Å². The smallest absolute Gasteiger partial charge is 0.233 e.